The molecule has 23 heavy (non-hydrogen) atoms. The largest absolute Gasteiger partial charge is 0.493 e. The summed E-state index contributed by atoms with van der Waals surface area (Å²) in [5, 5.41) is 1.18. The summed E-state index contributed by atoms with van der Waals surface area (Å²) in [6.45, 7) is 2.20. The predicted octanol–water partition coefficient (Wildman–Crippen LogP) is 4.96. The third-order valence-corrected chi connectivity index (χ3v) is 4.22. The van der Waals surface area contributed by atoms with E-state index in [9.17, 15) is 0 Å². The highest BCUT2D eigenvalue weighted by Gasteiger charge is 2.13. The molecule has 0 amide bonds. The zero-order chi connectivity index (χ0) is 16.1. The van der Waals surface area contributed by atoms with E-state index in [1.54, 1.807) is 7.11 Å². The van der Waals surface area contributed by atoms with Gasteiger partial charge < -0.3 is 9.15 Å². The zero-order valence-electron chi connectivity index (χ0n) is 13.8. The first kappa shape index (κ1) is 15.6. The molecule has 1 aromatic carbocycles. The maximum atomic E-state index is 6.05. The Bertz CT molecular complexity index is 762. The number of aromatic nitrogens is 1. The van der Waals surface area contributed by atoms with Crippen LogP contribution in [-0.2, 0) is 19.3 Å². The maximum absolute atomic E-state index is 6.05. The van der Waals surface area contributed by atoms with Crippen LogP contribution in [0, 0.1) is 0 Å². The Morgan fingerprint density at radius 2 is 1.87 bits per heavy atom. The second-order valence-corrected chi connectivity index (χ2v) is 5.84. The normalized spacial score (nSPS) is 11.0. The molecule has 3 nitrogen and oxygen atoms in total. The molecule has 0 N–H and O–H groups in total. The molecule has 3 aromatic rings. The minimum absolute atomic E-state index is 0.815. The van der Waals surface area contributed by atoms with Crippen LogP contribution in [0.4, 0.5) is 0 Å². The molecule has 2 heterocycles. The molecule has 0 aliphatic rings. The molecular weight excluding hydrogens is 286 g/mol. The van der Waals surface area contributed by atoms with Crippen LogP contribution >= 0.6 is 0 Å². The first-order chi connectivity index (χ1) is 11.3. The predicted molar refractivity (Wildman–Crippen MR) is 93.0 cm³/mol. The van der Waals surface area contributed by atoms with Crippen molar-refractivity contribution in [2.45, 2.75) is 39.0 Å². The van der Waals surface area contributed by atoms with Crippen LogP contribution < -0.4 is 4.74 Å². The molecule has 3 heteroatoms. The number of benzene rings is 1. The van der Waals surface area contributed by atoms with Crippen molar-refractivity contribution >= 4 is 11.0 Å². The third-order valence-electron chi connectivity index (χ3n) is 4.22. The molecular formula is C20H23NO2. The summed E-state index contributed by atoms with van der Waals surface area (Å²) in [5.41, 5.74) is 3.49. The third kappa shape index (κ3) is 3.55. The lowest BCUT2D eigenvalue weighted by atomic mass is 10.0. The fourth-order valence-corrected chi connectivity index (χ4v) is 2.89. The highest BCUT2D eigenvalue weighted by atomic mass is 16.5. The van der Waals surface area contributed by atoms with Crippen molar-refractivity contribution in [2.75, 3.05) is 7.11 Å². The van der Waals surface area contributed by atoms with E-state index in [1.165, 1.54) is 22.9 Å². The number of hydrogen-bond acceptors (Lipinski definition) is 3. The van der Waals surface area contributed by atoms with Gasteiger partial charge in [0.25, 0.3) is 0 Å². The summed E-state index contributed by atoms with van der Waals surface area (Å²) in [6.07, 6.45) is 8.98. The van der Waals surface area contributed by atoms with Crippen molar-refractivity contribution in [3.8, 4) is 5.75 Å². The van der Waals surface area contributed by atoms with Gasteiger partial charge in [-0.2, -0.15) is 0 Å². The van der Waals surface area contributed by atoms with E-state index < -0.39 is 0 Å². The van der Waals surface area contributed by atoms with Gasteiger partial charge in [-0.3, -0.25) is 4.98 Å². The summed E-state index contributed by atoms with van der Waals surface area (Å²) < 4.78 is 11.5. The fourth-order valence-electron chi connectivity index (χ4n) is 2.89. The minimum Gasteiger partial charge on any atom is -0.493 e. The molecule has 0 bridgehead atoms. The van der Waals surface area contributed by atoms with Gasteiger partial charge in [-0.25, -0.2) is 0 Å². The first-order valence-electron chi connectivity index (χ1n) is 8.29. The molecule has 0 saturated carbocycles. The van der Waals surface area contributed by atoms with Gasteiger partial charge in [0, 0.05) is 24.2 Å². The number of fused-ring (bicyclic) bond motifs is 1. The Morgan fingerprint density at radius 3 is 2.61 bits per heavy atom. The zero-order valence-corrected chi connectivity index (χ0v) is 13.8. The van der Waals surface area contributed by atoms with E-state index in [0.29, 0.717) is 0 Å². The lowest BCUT2D eigenvalue weighted by molar-refractivity contribution is 0.407. The Labute approximate surface area is 137 Å². The minimum atomic E-state index is 0.815. The summed E-state index contributed by atoms with van der Waals surface area (Å²) in [5.74, 6) is 1.87. The Balaban J connectivity index is 1.88. The van der Waals surface area contributed by atoms with Crippen molar-refractivity contribution in [1.29, 1.82) is 0 Å². The average Bonchev–Trinajstić information content (AvgIpc) is 3.03. The number of aryl methyl sites for hydroxylation is 3. The van der Waals surface area contributed by atoms with E-state index in [4.69, 9.17) is 9.15 Å². The molecule has 0 atom stereocenters. The van der Waals surface area contributed by atoms with E-state index >= 15 is 0 Å². The van der Waals surface area contributed by atoms with E-state index in [1.807, 2.05) is 18.5 Å². The number of pyridine rings is 1. The quantitative estimate of drug-likeness (QED) is 0.618. The van der Waals surface area contributed by atoms with Gasteiger partial charge in [-0.1, -0.05) is 19.4 Å². The van der Waals surface area contributed by atoms with Crippen LogP contribution in [0.2, 0.25) is 0 Å². The second kappa shape index (κ2) is 7.32. The highest BCUT2D eigenvalue weighted by Crippen LogP contribution is 2.32. The summed E-state index contributed by atoms with van der Waals surface area (Å²) >= 11 is 0. The number of methoxy groups -OCH3 is 1. The van der Waals surface area contributed by atoms with Crippen molar-refractivity contribution < 1.29 is 9.15 Å². The van der Waals surface area contributed by atoms with Gasteiger partial charge in [-0.15, -0.1) is 0 Å². The molecule has 0 spiro atoms. The number of furan rings is 1. The SMILES string of the molecule is CCCCc1cc2c(CCc3ccncc3)ccc(OC)c2o1. The van der Waals surface area contributed by atoms with E-state index in [0.717, 1.165) is 42.8 Å². The molecule has 0 radical (unpaired) electrons. The molecule has 0 saturated heterocycles. The monoisotopic (exact) mass is 309 g/mol. The van der Waals surface area contributed by atoms with Crippen LogP contribution in [-0.4, -0.2) is 12.1 Å². The van der Waals surface area contributed by atoms with Crippen LogP contribution in [0.1, 0.15) is 36.7 Å². The van der Waals surface area contributed by atoms with E-state index in [2.05, 4.69) is 36.2 Å². The average molecular weight is 309 g/mol. The molecule has 0 unspecified atom stereocenters. The molecule has 2 aromatic heterocycles. The van der Waals surface area contributed by atoms with Crippen LogP contribution in [0.25, 0.3) is 11.0 Å². The smallest absolute Gasteiger partial charge is 0.176 e. The number of ether oxygens (including phenoxy) is 1. The first-order valence-corrected chi connectivity index (χ1v) is 8.29. The Morgan fingerprint density at radius 1 is 1.04 bits per heavy atom. The fraction of sp³-hybridized carbons (Fsp3) is 0.350. The van der Waals surface area contributed by atoms with Crippen molar-refractivity contribution in [2.24, 2.45) is 0 Å². The van der Waals surface area contributed by atoms with Crippen LogP contribution in [0.15, 0.2) is 47.1 Å². The summed E-state index contributed by atoms with van der Waals surface area (Å²) in [7, 11) is 1.69. The number of unbranched alkanes of at least 4 members (excludes halogenated alkanes) is 1. The van der Waals surface area contributed by atoms with E-state index in [-0.39, 0.29) is 0 Å². The maximum Gasteiger partial charge on any atom is 0.176 e. The van der Waals surface area contributed by atoms with Crippen LogP contribution in [0.5, 0.6) is 5.75 Å². The molecule has 120 valence electrons. The Kier molecular flexibility index (Phi) is 4.96. The number of rotatable bonds is 7. The Hall–Kier alpha value is -2.29. The van der Waals surface area contributed by atoms with Crippen LogP contribution in [0.3, 0.4) is 0 Å². The molecule has 0 aliphatic carbocycles. The van der Waals surface area contributed by atoms with Gasteiger partial charge in [0.05, 0.1) is 7.11 Å². The van der Waals surface area contributed by atoms with Gasteiger partial charge >= 0.3 is 0 Å². The topological polar surface area (TPSA) is 35.3 Å². The highest BCUT2D eigenvalue weighted by molar-refractivity contribution is 5.87. The van der Waals surface area contributed by atoms with Crippen molar-refractivity contribution in [3.05, 3.63) is 59.6 Å². The summed E-state index contributed by atoms with van der Waals surface area (Å²) in [4.78, 5) is 4.07. The molecule has 3 rings (SSSR count). The van der Waals surface area contributed by atoms with Crippen molar-refractivity contribution in [1.82, 2.24) is 4.98 Å². The molecule has 0 fully saturated rings. The standard InChI is InChI=1S/C20H23NO2/c1-3-4-5-17-14-18-16(7-6-15-10-12-21-13-11-15)8-9-19(22-2)20(18)23-17/h8-14H,3-7H2,1-2H3. The van der Waals surface area contributed by atoms with Gasteiger partial charge in [0.2, 0.25) is 0 Å². The van der Waals surface area contributed by atoms with Gasteiger partial charge in [0.15, 0.2) is 11.3 Å². The number of hydrogen-bond donors (Lipinski definition) is 0. The summed E-state index contributed by atoms with van der Waals surface area (Å²) in [6, 6.07) is 10.5. The second-order valence-electron chi connectivity index (χ2n) is 5.84. The molecule has 0 aliphatic heterocycles. The lowest BCUT2D eigenvalue weighted by Crippen LogP contribution is -1.93. The lowest BCUT2D eigenvalue weighted by Gasteiger charge is -2.06. The van der Waals surface area contributed by atoms with Crippen molar-refractivity contribution in [3.63, 3.8) is 0 Å². The number of nitrogens with zero attached hydrogens (tertiary/aromatic N) is 1. The van der Waals surface area contributed by atoms with Gasteiger partial charge in [-0.05, 0) is 54.7 Å². The van der Waals surface area contributed by atoms with Gasteiger partial charge in [0.1, 0.15) is 5.76 Å².